The van der Waals surface area contributed by atoms with Gasteiger partial charge in [-0.05, 0) is 62.9 Å². The first-order chi connectivity index (χ1) is 14.6. The maximum Gasteiger partial charge on any atom is 0.257 e. The molecule has 3 amide bonds. The Bertz CT molecular complexity index is 975. The van der Waals surface area contributed by atoms with Crippen LogP contribution >= 0.6 is 0 Å². The summed E-state index contributed by atoms with van der Waals surface area (Å²) < 4.78 is 0. The minimum Gasteiger partial charge on any atom is -0.321 e. The van der Waals surface area contributed by atoms with Crippen molar-refractivity contribution in [2.75, 3.05) is 4.90 Å². The molecule has 0 aliphatic carbocycles. The highest BCUT2D eigenvalue weighted by molar-refractivity contribution is 6.23. The Labute approximate surface area is 185 Å². The predicted molar refractivity (Wildman–Crippen MR) is 123 cm³/mol. The topological polar surface area (TPSA) is 57.7 Å². The van der Waals surface area contributed by atoms with Crippen molar-refractivity contribution in [1.29, 1.82) is 0 Å². The third-order valence-corrected chi connectivity index (χ3v) is 6.29. The first-order valence-electron chi connectivity index (χ1n) is 10.9. The molecule has 2 aromatic carbocycles. The van der Waals surface area contributed by atoms with E-state index in [2.05, 4.69) is 13.8 Å². The molecule has 164 valence electrons. The Kier molecular flexibility index (Phi) is 6.35. The molecule has 1 unspecified atom stereocenters. The second kappa shape index (κ2) is 8.66. The van der Waals surface area contributed by atoms with Gasteiger partial charge in [-0.1, -0.05) is 50.6 Å². The Morgan fingerprint density at radius 1 is 1.06 bits per heavy atom. The lowest BCUT2D eigenvalue weighted by molar-refractivity contribution is -0.123. The van der Waals surface area contributed by atoms with E-state index < -0.39 is 11.6 Å². The molecule has 31 heavy (non-hydrogen) atoms. The molecule has 2 aromatic rings. The molecule has 1 aliphatic rings. The maximum atomic E-state index is 13.5. The average molecular weight is 421 g/mol. The molecule has 0 aromatic heterocycles. The van der Waals surface area contributed by atoms with Crippen LogP contribution in [-0.4, -0.2) is 34.2 Å². The highest BCUT2D eigenvalue weighted by Crippen LogP contribution is 2.33. The summed E-state index contributed by atoms with van der Waals surface area (Å²) in [7, 11) is 0. The molecule has 1 atom stereocenters. The van der Waals surface area contributed by atoms with Gasteiger partial charge in [-0.15, -0.1) is 0 Å². The molecule has 3 rings (SSSR count). The van der Waals surface area contributed by atoms with Gasteiger partial charge in [-0.2, -0.15) is 0 Å². The number of benzene rings is 2. The molecule has 5 nitrogen and oxygen atoms in total. The molecule has 0 spiro atoms. The van der Waals surface area contributed by atoms with Crippen LogP contribution in [0.5, 0.6) is 0 Å². The summed E-state index contributed by atoms with van der Waals surface area (Å²) in [5.41, 5.74) is 2.69. The van der Waals surface area contributed by atoms with Crippen molar-refractivity contribution in [3.05, 3.63) is 65.2 Å². The first kappa shape index (κ1) is 22.7. The summed E-state index contributed by atoms with van der Waals surface area (Å²) in [6, 6.07) is 14.0. The number of anilines is 1. The SMILES string of the molecule is CCC(C)(C)N(C(=O)c1ccc(C)cc1)C1CC(=O)N(c2ccc(C(C)C)cc2)C1=O. The Hall–Kier alpha value is -2.95. The van der Waals surface area contributed by atoms with E-state index >= 15 is 0 Å². The van der Waals surface area contributed by atoms with Gasteiger partial charge in [0.05, 0.1) is 12.1 Å². The summed E-state index contributed by atoms with van der Waals surface area (Å²) >= 11 is 0. The van der Waals surface area contributed by atoms with Crippen molar-refractivity contribution in [3.8, 4) is 0 Å². The fourth-order valence-electron chi connectivity index (χ4n) is 3.94. The van der Waals surface area contributed by atoms with E-state index in [1.807, 2.05) is 64.1 Å². The van der Waals surface area contributed by atoms with Crippen molar-refractivity contribution < 1.29 is 14.4 Å². The van der Waals surface area contributed by atoms with Gasteiger partial charge in [0, 0.05) is 11.1 Å². The van der Waals surface area contributed by atoms with E-state index in [0.717, 1.165) is 11.1 Å². The number of rotatable bonds is 6. The van der Waals surface area contributed by atoms with E-state index in [1.54, 1.807) is 17.0 Å². The lowest BCUT2D eigenvalue weighted by Gasteiger charge is -2.41. The quantitative estimate of drug-likeness (QED) is 0.612. The Morgan fingerprint density at radius 3 is 2.16 bits per heavy atom. The molecule has 0 N–H and O–H groups in total. The van der Waals surface area contributed by atoms with E-state index in [4.69, 9.17) is 0 Å². The Balaban J connectivity index is 1.96. The first-order valence-corrected chi connectivity index (χ1v) is 10.9. The van der Waals surface area contributed by atoms with Crippen molar-refractivity contribution in [2.45, 2.75) is 71.9 Å². The normalized spacial score (nSPS) is 16.9. The van der Waals surface area contributed by atoms with Gasteiger partial charge < -0.3 is 4.90 Å². The lowest BCUT2D eigenvalue weighted by atomic mass is 9.94. The van der Waals surface area contributed by atoms with Crippen LogP contribution in [0.25, 0.3) is 0 Å². The van der Waals surface area contributed by atoms with Gasteiger partial charge >= 0.3 is 0 Å². The number of nitrogens with zero attached hydrogens (tertiary/aromatic N) is 2. The zero-order chi connectivity index (χ0) is 22.9. The number of carbonyl (C=O) groups is 3. The number of hydrogen-bond acceptors (Lipinski definition) is 3. The zero-order valence-electron chi connectivity index (χ0n) is 19.3. The molecule has 0 radical (unpaired) electrons. The third kappa shape index (κ3) is 4.41. The molecule has 1 aliphatic heterocycles. The van der Waals surface area contributed by atoms with Crippen molar-refractivity contribution in [3.63, 3.8) is 0 Å². The van der Waals surface area contributed by atoms with Gasteiger partial charge in [0.15, 0.2) is 0 Å². The second-order valence-corrected chi connectivity index (χ2v) is 9.24. The molecule has 1 fully saturated rings. The number of aryl methyl sites for hydroxylation is 1. The van der Waals surface area contributed by atoms with Crippen LogP contribution in [-0.2, 0) is 9.59 Å². The molecular weight excluding hydrogens is 388 g/mol. The van der Waals surface area contributed by atoms with Crippen LogP contribution in [0, 0.1) is 6.92 Å². The molecule has 0 bridgehead atoms. The summed E-state index contributed by atoms with van der Waals surface area (Å²) in [6.45, 7) is 12.0. The lowest BCUT2D eigenvalue weighted by Crippen LogP contribution is -2.55. The highest BCUT2D eigenvalue weighted by atomic mass is 16.2. The standard InChI is InChI=1S/C26H32N2O3/c1-7-26(5,6)28(24(30)20-10-8-18(4)9-11-20)22-16-23(29)27(25(22)31)21-14-12-19(13-15-21)17(2)3/h8-15,17,22H,7,16H2,1-6H3. The van der Waals surface area contributed by atoms with Gasteiger partial charge in [-0.3, -0.25) is 14.4 Å². The van der Waals surface area contributed by atoms with Crippen LogP contribution in [0.3, 0.4) is 0 Å². The molecular formula is C26H32N2O3. The summed E-state index contributed by atoms with van der Waals surface area (Å²) in [5, 5.41) is 0. The fourth-order valence-corrected chi connectivity index (χ4v) is 3.94. The van der Waals surface area contributed by atoms with Gasteiger partial charge in [0.25, 0.3) is 11.8 Å². The van der Waals surface area contributed by atoms with Gasteiger partial charge in [-0.25, -0.2) is 4.90 Å². The van der Waals surface area contributed by atoms with Crippen molar-refractivity contribution >= 4 is 23.4 Å². The van der Waals surface area contributed by atoms with E-state index in [9.17, 15) is 14.4 Å². The summed E-state index contributed by atoms with van der Waals surface area (Å²) in [5.74, 6) is -0.486. The Morgan fingerprint density at radius 2 is 1.65 bits per heavy atom. The molecule has 1 saturated heterocycles. The van der Waals surface area contributed by atoms with E-state index in [-0.39, 0.29) is 24.1 Å². The number of hydrogen-bond donors (Lipinski definition) is 0. The third-order valence-electron chi connectivity index (χ3n) is 6.29. The maximum absolute atomic E-state index is 13.5. The minimum absolute atomic E-state index is 0.00814. The number of amides is 3. The van der Waals surface area contributed by atoms with Crippen molar-refractivity contribution in [2.24, 2.45) is 0 Å². The fraction of sp³-hybridized carbons (Fsp3) is 0.423. The van der Waals surface area contributed by atoms with Crippen LogP contribution in [0.4, 0.5) is 5.69 Å². The van der Waals surface area contributed by atoms with Crippen LogP contribution < -0.4 is 4.90 Å². The average Bonchev–Trinajstić information content (AvgIpc) is 3.02. The molecule has 0 saturated carbocycles. The predicted octanol–water partition coefficient (Wildman–Crippen LogP) is 5.08. The van der Waals surface area contributed by atoms with Crippen LogP contribution in [0.15, 0.2) is 48.5 Å². The molecule has 1 heterocycles. The summed E-state index contributed by atoms with van der Waals surface area (Å²) in [6.07, 6.45) is 0.650. The smallest absolute Gasteiger partial charge is 0.257 e. The van der Waals surface area contributed by atoms with E-state index in [0.29, 0.717) is 23.6 Å². The highest BCUT2D eigenvalue weighted by Gasteiger charge is 2.48. The summed E-state index contributed by atoms with van der Waals surface area (Å²) in [4.78, 5) is 42.7. The van der Waals surface area contributed by atoms with Gasteiger partial charge in [0.1, 0.15) is 6.04 Å². The van der Waals surface area contributed by atoms with E-state index in [1.165, 1.54) is 4.90 Å². The van der Waals surface area contributed by atoms with Crippen molar-refractivity contribution in [1.82, 2.24) is 4.90 Å². The number of carbonyl (C=O) groups excluding carboxylic acids is 3. The van der Waals surface area contributed by atoms with Crippen LogP contribution in [0.2, 0.25) is 0 Å². The monoisotopic (exact) mass is 420 g/mol. The second-order valence-electron chi connectivity index (χ2n) is 9.24. The zero-order valence-corrected chi connectivity index (χ0v) is 19.3. The molecule has 5 heteroatoms. The number of imide groups is 1. The van der Waals surface area contributed by atoms with Gasteiger partial charge in [0.2, 0.25) is 5.91 Å². The van der Waals surface area contributed by atoms with Crippen LogP contribution in [0.1, 0.15) is 74.9 Å². The largest absolute Gasteiger partial charge is 0.321 e. The minimum atomic E-state index is -0.818.